The van der Waals surface area contributed by atoms with Crippen LogP contribution in [0, 0.1) is 5.92 Å². The fraction of sp³-hybridized carbons (Fsp3) is 0.314. The molecule has 51 heavy (non-hydrogen) atoms. The average molecular weight is 721 g/mol. The predicted octanol–water partition coefficient (Wildman–Crippen LogP) is 5.01. The van der Waals surface area contributed by atoms with E-state index in [0.29, 0.717) is 22.6 Å². The number of alkyl halides is 1. The van der Waals surface area contributed by atoms with Gasteiger partial charge in [-0.1, -0.05) is 68.4 Å². The second-order valence-electron chi connectivity index (χ2n) is 12.0. The van der Waals surface area contributed by atoms with Crippen molar-refractivity contribution >= 4 is 31.3 Å². The summed E-state index contributed by atoms with van der Waals surface area (Å²) in [5.74, 6) is 0.243. The van der Waals surface area contributed by atoms with Crippen LogP contribution < -0.4 is 20.3 Å². The molecule has 1 amide bonds. The Hall–Kier alpha value is -5.05. The standard InChI is InChI=1S/C35H35FN5O9P/c1-20(2)31(42)39-34-38-30-28(32(43)40-34)37-19-41(30)33-29(50-51(44)45)27(36)26(49-33)18-48-35(21-8-6-5-7-9-21,22-10-14-24(46-3)15-11-22)23-12-16-25(47-4)17-13-23/h5-17,19-20,26-27,29,33H,18H2,1-4H3,(H2-,38,39,40,42,43,44,45)/p+1. The molecule has 1 aliphatic rings. The Balaban J connectivity index is 1.40. The molecule has 3 aromatic carbocycles. The van der Waals surface area contributed by atoms with E-state index in [2.05, 4.69) is 20.3 Å². The maximum Gasteiger partial charge on any atom is 0.695 e. The number of hydrogen-bond donors (Lipinski definition) is 3. The highest BCUT2D eigenvalue weighted by Crippen LogP contribution is 2.44. The largest absolute Gasteiger partial charge is 0.695 e. The van der Waals surface area contributed by atoms with E-state index in [1.165, 1.54) is 10.9 Å². The molecule has 2 aromatic heterocycles. The second kappa shape index (κ2) is 15.1. The van der Waals surface area contributed by atoms with Crippen molar-refractivity contribution in [1.82, 2.24) is 19.5 Å². The number of carbonyl (C=O) groups is 1. The first-order valence-electron chi connectivity index (χ1n) is 15.9. The molecule has 0 bridgehead atoms. The summed E-state index contributed by atoms with van der Waals surface area (Å²) < 4.78 is 58.7. The molecule has 14 nitrogen and oxygen atoms in total. The third-order valence-electron chi connectivity index (χ3n) is 8.59. The van der Waals surface area contributed by atoms with E-state index in [-0.39, 0.29) is 23.7 Å². The number of anilines is 1. The van der Waals surface area contributed by atoms with Crippen molar-refractivity contribution in [3.63, 3.8) is 0 Å². The quantitative estimate of drug-likeness (QED) is 0.110. The van der Waals surface area contributed by atoms with Gasteiger partial charge in [0.05, 0.1) is 27.2 Å². The number of rotatable bonds is 13. The number of amides is 1. The zero-order valence-corrected chi connectivity index (χ0v) is 29.0. The van der Waals surface area contributed by atoms with E-state index in [1.54, 1.807) is 52.3 Å². The monoisotopic (exact) mass is 720 g/mol. The third kappa shape index (κ3) is 7.12. The maximum atomic E-state index is 16.5. The molecule has 5 aromatic rings. The van der Waals surface area contributed by atoms with Crippen molar-refractivity contribution in [3.8, 4) is 11.5 Å². The van der Waals surface area contributed by atoms with Gasteiger partial charge in [0.15, 0.2) is 29.7 Å². The Kier molecular flexibility index (Phi) is 10.6. The highest BCUT2D eigenvalue weighted by molar-refractivity contribution is 7.32. The topological polar surface area (TPSA) is 176 Å². The first kappa shape index (κ1) is 35.8. The zero-order chi connectivity index (χ0) is 36.3. The van der Waals surface area contributed by atoms with Crippen LogP contribution in [0.5, 0.6) is 11.5 Å². The smallest absolute Gasteiger partial charge is 0.497 e. The van der Waals surface area contributed by atoms with Crippen LogP contribution in [0.1, 0.15) is 36.8 Å². The summed E-state index contributed by atoms with van der Waals surface area (Å²) in [5, 5.41) is 2.53. The van der Waals surface area contributed by atoms with Crippen molar-refractivity contribution in [2.24, 2.45) is 5.92 Å². The van der Waals surface area contributed by atoms with Crippen LogP contribution >= 0.6 is 8.25 Å². The number of fused-ring (bicyclic) bond motifs is 1. The molecular weight excluding hydrogens is 684 g/mol. The van der Waals surface area contributed by atoms with Crippen molar-refractivity contribution in [1.29, 1.82) is 0 Å². The molecule has 5 unspecified atom stereocenters. The fourth-order valence-corrected chi connectivity index (χ4v) is 6.41. The van der Waals surface area contributed by atoms with Crippen LogP contribution in [0.15, 0.2) is 90.0 Å². The van der Waals surface area contributed by atoms with E-state index in [9.17, 15) is 19.0 Å². The van der Waals surface area contributed by atoms with Crippen LogP contribution in [-0.2, 0) is 29.0 Å². The van der Waals surface area contributed by atoms with E-state index >= 15 is 4.39 Å². The minimum atomic E-state index is -3.30. The predicted molar refractivity (Wildman–Crippen MR) is 183 cm³/mol. The van der Waals surface area contributed by atoms with Gasteiger partial charge in [0.1, 0.15) is 23.2 Å². The van der Waals surface area contributed by atoms with Gasteiger partial charge in [-0.2, -0.15) is 4.98 Å². The maximum absolute atomic E-state index is 16.5. The summed E-state index contributed by atoms with van der Waals surface area (Å²) in [7, 11) is -0.177. The number of H-pyrrole nitrogens is 1. The lowest BCUT2D eigenvalue weighted by atomic mass is 9.80. The van der Waals surface area contributed by atoms with Gasteiger partial charge in [-0.3, -0.25) is 24.5 Å². The first-order valence-corrected chi connectivity index (χ1v) is 17.1. The lowest BCUT2D eigenvalue weighted by Crippen LogP contribution is -2.38. The summed E-state index contributed by atoms with van der Waals surface area (Å²) in [5.41, 5.74) is -0.105. The average Bonchev–Trinajstić information content (AvgIpc) is 3.69. The van der Waals surface area contributed by atoms with Gasteiger partial charge in [0.25, 0.3) is 5.56 Å². The normalized spacial score (nSPS) is 19.3. The third-order valence-corrected chi connectivity index (χ3v) is 9.01. The van der Waals surface area contributed by atoms with Crippen LogP contribution in [0.4, 0.5) is 10.3 Å². The fourth-order valence-electron chi connectivity index (χ4n) is 5.98. The SMILES string of the molecule is COc1ccc(C(OCC2OC(n3cnc4c(=O)[nH]c(NC(=O)C(C)C)nc43)C(O[P+](=O)O)C2F)(c2ccccc2)c2ccc(OC)cc2)cc1. The molecule has 0 aliphatic carbocycles. The molecule has 1 fully saturated rings. The van der Waals surface area contributed by atoms with E-state index < -0.39 is 55.8 Å². The number of benzene rings is 3. The summed E-state index contributed by atoms with van der Waals surface area (Å²) in [6.45, 7) is 2.96. The van der Waals surface area contributed by atoms with Gasteiger partial charge in [-0.25, -0.2) is 9.37 Å². The Morgan fingerprint density at radius 1 is 1.02 bits per heavy atom. The molecule has 16 heteroatoms. The Bertz CT molecular complexity index is 2010. The number of carbonyl (C=O) groups excluding carboxylic acids is 1. The van der Waals surface area contributed by atoms with Gasteiger partial charge in [-0.05, 0) is 41.0 Å². The number of aromatic amines is 1. The summed E-state index contributed by atoms with van der Waals surface area (Å²) in [4.78, 5) is 45.9. The molecular formula is C35H36FN5O9P+. The molecule has 5 atom stereocenters. The number of halogens is 1. The van der Waals surface area contributed by atoms with Crippen molar-refractivity contribution in [2.75, 3.05) is 26.1 Å². The molecule has 6 rings (SSSR count). The number of methoxy groups -OCH3 is 2. The highest BCUT2D eigenvalue weighted by atomic mass is 31.1. The summed E-state index contributed by atoms with van der Waals surface area (Å²) in [6.07, 6.45) is -5.23. The molecule has 3 heterocycles. The van der Waals surface area contributed by atoms with Gasteiger partial charge in [0.2, 0.25) is 11.9 Å². The van der Waals surface area contributed by atoms with Crippen molar-refractivity contribution < 1.29 is 42.1 Å². The Morgan fingerprint density at radius 2 is 1.61 bits per heavy atom. The summed E-state index contributed by atoms with van der Waals surface area (Å²) in [6, 6.07) is 23.9. The Morgan fingerprint density at radius 3 is 2.16 bits per heavy atom. The number of hydrogen-bond acceptors (Lipinski definition) is 10. The molecule has 1 saturated heterocycles. The van der Waals surface area contributed by atoms with Crippen molar-refractivity contribution in [3.05, 3.63) is 112 Å². The Labute approximate surface area is 292 Å². The van der Waals surface area contributed by atoms with Gasteiger partial charge >= 0.3 is 8.25 Å². The zero-order valence-electron chi connectivity index (χ0n) is 28.1. The van der Waals surface area contributed by atoms with Crippen LogP contribution in [-0.4, -0.2) is 69.5 Å². The second-order valence-corrected chi connectivity index (χ2v) is 12.7. The van der Waals surface area contributed by atoms with E-state index in [0.717, 1.165) is 5.56 Å². The van der Waals surface area contributed by atoms with Crippen LogP contribution in [0.2, 0.25) is 0 Å². The first-order chi connectivity index (χ1) is 24.5. The van der Waals surface area contributed by atoms with Gasteiger partial charge in [0, 0.05) is 10.5 Å². The minimum absolute atomic E-state index is 0.0755. The number of ether oxygens (including phenoxy) is 4. The number of aromatic nitrogens is 4. The lowest BCUT2D eigenvalue weighted by molar-refractivity contribution is -0.118. The summed E-state index contributed by atoms with van der Waals surface area (Å²) >= 11 is 0. The molecule has 3 N–H and O–H groups in total. The number of imidazole rings is 1. The number of nitrogens with zero attached hydrogens (tertiary/aromatic N) is 3. The molecule has 0 spiro atoms. The van der Waals surface area contributed by atoms with E-state index in [4.69, 9.17) is 23.5 Å². The highest BCUT2D eigenvalue weighted by Gasteiger charge is 2.53. The molecule has 1 aliphatic heterocycles. The van der Waals surface area contributed by atoms with Crippen LogP contribution in [0.3, 0.4) is 0 Å². The number of nitrogens with one attached hydrogen (secondary N) is 2. The molecule has 0 radical (unpaired) electrons. The van der Waals surface area contributed by atoms with E-state index in [1.807, 2.05) is 54.6 Å². The van der Waals surface area contributed by atoms with Crippen LogP contribution in [0.25, 0.3) is 11.2 Å². The van der Waals surface area contributed by atoms with Gasteiger partial charge < -0.3 is 18.9 Å². The van der Waals surface area contributed by atoms with Gasteiger partial charge in [-0.15, -0.1) is 9.42 Å². The molecule has 0 saturated carbocycles. The molecule has 266 valence electrons. The van der Waals surface area contributed by atoms with Crippen molar-refractivity contribution in [2.45, 2.75) is 44.1 Å². The lowest BCUT2D eigenvalue weighted by Gasteiger charge is -2.37. The minimum Gasteiger partial charge on any atom is -0.497 e.